The van der Waals surface area contributed by atoms with Crippen LogP contribution in [0.25, 0.3) is 0 Å². The zero-order valence-corrected chi connectivity index (χ0v) is 14.5. The second-order valence-electron chi connectivity index (χ2n) is 5.96. The highest BCUT2D eigenvalue weighted by molar-refractivity contribution is 7.99. The predicted octanol–water partition coefficient (Wildman–Crippen LogP) is 4.93. The lowest BCUT2D eigenvalue weighted by Crippen LogP contribution is -2.19. The van der Waals surface area contributed by atoms with Gasteiger partial charge in [0.25, 0.3) is 0 Å². The molecule has 1 N–H and O–H groups in total. The molecule has 0 saturated heterocycles. The number of thioether (sulfide) groups is 1. The van der Waals surface area contributed by atoms with E-state index in [0.717, 1.165) is 23.3 Å². The van der Waals surface area contributed by atoms with Gasteiger partial charge in [0.1, 0.15) is 5.75 Å². The molecule has 1 aromatic rings. The van der Waals surface area contributed by atoms with E-state index in [4.69, 9.17) is 4.74 Å². The summed E-state index contributed by atoms with van der Waals surface area (Å²) in [5.74, 6) is 2.11. The van der Waals surface area contributed by atoms with Crippen molar-refractivity contribution in [2.75, 3.05) is 13.7 Å². The van der Waals surface area contributed by atoms with Crippen LogP contribution < -0.4 is 10.1 Å². The summed E-state index contributed by atoms with van der Waals surface area (Å²) >= 11 is 2.10. The van der Waals surface area contributed by atoms with E-state index in [2.05, 4.69) is 49.1 Å². The molecule has 1 unspecified atom stereocenters. The van der Waals surface area contributed by atoms with E-state index >= 15 is 0 Å². The van der Waals surface area contributed by atoms with Gasteiger partial charge in [-0.3, -0.25) is 0 Å². The first-order chi connectivity index (χ1) is 10.2. The van der Waals surface area contributed by atoms with Crippen LogP contribution in [0.1, 0.15) is 63.1 Å². The molecule has 1 aliphatic rings. The molecule has 0 amide bonds. The van der Waals surface area contributed by atoms with E-state index < -0.39 is 0 Å². The number of rotatable bonds is 8. The standard InChI is InChI=1S/C18H29NOS/c1-4-11-19-14(2)15-9-10-18(20-3)16(12-15)13-21-17-7-5-6-8-17/h9-10,12,14,17,19H,4-8,11,13H2,1-3H3. The molecule has 0 radical (unpaired) electrons. The third-order valence-corrected chi connectivity index (χ3v) is 5.70. The average Bonchev–Trinajstić information content (AvgIpc) is 3.03. The molecule has 2 nitrogen and oxygen atoms in total. The van der Waals surface area contributed by atoms with Crippen LogP contribution in [0.3, 0.4) is 0 Å². The Kier molecular flexibility index (Phi) is 6.91. The maximum atomic E-state index is 5.54. The van der Waals surface area contributed by atoms with Crippen LogP contribution in [-0.4, -0.2) is 18.9 Å². The third kappa shape index (κ3) is 4.93. The van der Waals surface area contributed by atoms with Crippen molar-refractivity contribution in [2.24, 2.45) is 0 Å². The number of benzene rings is 1. The number of hydrogen-bond donors (Lipinski definition) is 1. The molecule has 0 spiro atoms. The van der Waals surface area contributed by atoms with E-state index in [-0.39, 0.29) is 0 Å². The zero-order valence-electron chi connectivity index (χ0n) is 13.7. The highest BCUT2D eigenvalue weighted by atomic mass is 32.2. The van der Waals surface area contributed by atoms with Crippen LogP contribution in [0.2, 0.25) is 0 Å². The SMILES string of the molecule is CCCNC(C)c1ccc(OC)c(CSC2CCCC2)c1. The second-order valence-corrected chi connectivity index (χ2v) is 7.25. The molecule has 2 rings (SSSR count). The van der Waals surface area contributed by atoms with Crippen LogP contribution in [0.15, 0.2) is 18.2 Å². The number of nitrogens with one attached hydrogen (secondary N) is 1. The molecule has 118 valence electrons. The Bertz CT molecular complexity index is 429. The normalized spacial score (nSPS) is 17.1. The molecular weight excluding hydrogens is 278 g/mol. The number of hydrogen-bond acceptors (Lipinski definition) is 3. The Hall–Kier alpha value is -0.670. The predicted molar refractivity (Wildman–Crippen MR) is 93.3 cm³/mol. The van der Waals surface area contributed by atoms with E-state index in [1.54, 1.807) is 7.11 Å². The molecular formula is C18H29NOS. The van der Waals surface area contributed by atoms with Gasteiger partial charge >= 0.3 is 0 Å². The lowest BCUT2D eigenvalue weighted by molar-refractivity contribution is 0.411. The van der Waals surface area contributed by atoms with Gasteiger partial charge in [0.15, 0.2) is 0 Å². The summed E-state index contributed by atoms with van der Waals surface area (Å²) in [4.78, 5) is 0. The van der Waals surface area contributed by atoms with Crippen LogP contribution in [0, 0.1) is 0 Å². The Balaban J connectivity index is 2.02. The van der Waals surface area contributed by atoms with Gasteiger partial charge in [-0.05, 0) is 50.4 Å². The molecule has 0 aromatic heterocycles. The summed E-state index contributed by atoms with van der Waals surface area (Å²) in [5.41, 5.74) is 2.71. The van der Waals surface area contributed by atoms with Gasteiger partial charge in [-0.15, -0.1) is 0 Å². The fraction of sp³-hybridized carbons (Fsp3) is 0.667. The molecule has 1 atom stereocenters. The summed E-state index contributed by atoms with van der Waals surface area (Å²) in [7, 11) is 1.78. The van der Waals surface area contributed by atoms with Gasteiger partial charge in [-0.2, -0.15) is 11.8 Å². The van der Waals surface area contributed by atoms with Crippen molar-refractivity contribution in [1.29, 1.82) is 0 Å². The molecule has 0 bridgehead atoms. The number of methoxy groups -OCH3 is 1. The minimum atomic E-state index is 0.408. The van der Waals surface area contributed by atoms with Crippen molar-refractivity contribution in [3.8, 4) is 5.75 Å². The van der Waals surface area contributed by atoms with Gasteiger partial charge in [0.05, 0.1) is 7.11 Å². The van der Waals surface area contributed by atoms with Gasteiger partial charge in [0, 0.05) is 22.6 Å². The van der Waals surface area contributed by atoms with Gasteiger partial charge in [-0.1, -0.05) is 25.8 Å². The maximum absolute atomic E-state index is 5.54. The average molecular weight is 308 g/mol. The quantitative estimate of drug-likeness (QED) is 0.735. The molecule has 0 heterocycles. The van der Waals surface area contributed by atoms with E-state index in [9.17, 15) is 0 Å². The lowest BCUT2D eigenvalue weighted by Gasteiger charge is -2.17. The van der Waals surface area contributed by atoms with Gasteiger partial charge < -0.3 is 10.1 Å². The molecule has 3 heteroatoms. The molecule has 1 aromatic carbocycles. The zero-order chi connectivity index (χ0) is 15.1. The van der Waals surface area contributed by atoms with Crippen LogP contribution in [0.4, 0.5) is 0 Å². The van der Waals surface area contributed by atoms with Crippen molar-refractivity contribution in [2.45, 2.75) is 63.0 Å². The van der Waals surface area contributed by atoms with Crippen molar-refractivity contribution < 1.29 is 4.74 Å². The number of ether oxygens (including phenoxy) is 1. The Labute approximate surface area is 134 Å². The highest BCUT2D eigenvalue weighted by Crippen LogP contribution is 2.34. The smallest absolute Gasteiger partial charge is 0.122 e. The van der Waals surface area contributed by atoms with Crippen molar-refractivity contribution >= 4 is 11.8 Å². The largest absolute Gasteiger partial charge is 0.496 e. The highest BCUT2D eigenvalue weighted by Gasteiger charge is 2.17. The minimum absolute atomic E-state index is 0.408. The van der Waals surface area contributed by atoms with E-state index in [1.165, 1.54) is 43.2 Å². The first kappa shape index (κ1) is 16.7. The molecule has 0 aliphatic heterocycles. The summed E-state index contributed by atoms with van der Waals surface area (Å²) in [6.07, 6.45) is 6.77. The summed E-state index contributed by atoms with van der Waals surface area (Å²) in [6.45, 7) is 5.52. The first-order valence-electron chi connectivity index (χ1n) is 8.26. The fourth-order valence-electron chi connectivity index (χ4n) is 2.92. The van der Waals surface area contributed by atoms with Crippen LogP contribution in [-0.2, 0) is 5.75 Å². The second kappa shape index (κ2) is 8.70. The molecule has 1 fully saturated rings. The van der Waals surface area contributed by atoms with Crippen LogP contribution in [0.5, 0.6) is 5.75 Å². The Morgan fingerprint density at radius 1 is 1.33 bits per heavy atom. The Morgan fingerprint density at radius 2 is 2.10 bits per heavy atom. The monoisotopic (exact) mass is 307 g/mol. The topological polar surface area (TPSA) is 21.3 Å². The molecule has 21 heavy (non-hydrogen) atoms. The first-order valence-corrected chi connectivity index (χ1v) is 9.31. The van der Waals surface area contributed by atoms with Gasteiger partial charge in [-0.25, -0.2) is 0 Å². The van der Waals surface area contributed by atoms with E-state index in [1.807, 2.05) is 0 Å². The van der Waals surface area contributed by atoms with Crippen molar-refractivity contribution in [3.05, 3.63) is 29.3 Å². The maximum Gasteiger partial charge on any atom is 0.122 e. The molecule has 1 aliphatic carbocycles. The summed E-state index contributed by atoms with van der Waals surface area (Å²) in [5, 5.41) is 4.42. The Morgan fingerprint density at radius 3 is 2.76 bits per heavy atom. The lowest BCUT2D eigenvalue weighted by atomic mass is 10.0. The van der Waals surface area contributed by atoms with Crippen molar-refractivity contribution in [1.82, 2.24) is 5.32 Å². The van der Waals surface area contributed by atoms with E-state index in [0.29, 0.717) is 6.04 Å². The van der Waals surface area contributed by atoms with Crippen molar-refractivity contribution in [3.63, 3.8) is 0 Å². The molecule has 1 saturated carbocycles. The fourth-order valence-corrected chi connectivity index (χ4v) is 4.23. The van der Waals surface area contributed by atoms with Crippen LogP contribution >= 0.6 is 11.8 Å². The summed E-state index contributed by atoms with van der Waals surface area (Å²) in [6, 6.07) is 7.06. The minimum Gasteiger partial charge on any atom is -0.496 e. The van der Waals surface area contributed by atoms with Gasteiger partial charge in [0.2, 0.25) is 0 Å². The summed E-state index contributed by atoms with van der Waals surface area (Å²) < 4.78 is 5.54. The third-order valence-electron chi connectivity index (χ3n) is 4.28.